The Morgan fingerprint density at radius 3 is 2.87 bits per heavy atom. The molecule has 1 atom stereocenters. The summed E-state index contributed by atoms with van der Waals surface area (Å²) < 4.78 is 0. The first-order valence-electron chi connectivity index (χ1n) is 4.41. The van der Waals surface area contributed by atoms with E-state index in [1.807, 2.05) is 0 Å². The van der Waals surface area contributed by atoms with Crippen LogP contribution in [0.2, 0.25) is 0 Å². The normalized spacial score (nSPS) is 25.3. The summed E-state index contributed by atoms with van der Waals surface area (Å²) in [5, 5.41) is 11.3. The molecule has 6 heteroatoms. The molecular formula is C9H11N4O2-. The third-order valence-electron chi connectivity index (χ3n) is 2.36. The van der Waals surface area contributed by atoms with Gasteiger partial charge in [0.2, 0.25) is 0 Å². The van der Waals surface area contributed by atoms with Gasteiger partial charge >= 0.3 is 0 Å². The Labute approximate surface area is 86.4 Å². The van der Waals surface area contributed by atoms with Crippen LogP contribution in [0.4, 0.5) is 5.69 Å². The highest BCUT2D eigenvalue weighted by atomic mass is 16.6. The van der Waals surface area contributed by atoms with Crippen LogP contribution < -0.4 is 16.9 Å². The summed E-state index contributed by atoms with van der Waals surface area (Å²) >= 11 is 0. The van der Waals surface area contributed by atoms with Gasteiger partial charge in [0, 0.05) is 16.8 Å². The highest BCUT2D eigenvalue weighted by Gasteiger charge is 2.34. The summed E-state index contributed by atoms with van der Waals surface area (Å²) in [5.74, 6) is -0.680. The molecule has 1 heterocycles. The van der Waals surface area contributed by atoms with Crippen LogP contribution in [0.25, 0.3) is 0 Å². The summed E-state index contributed by atoms with van der Waals surface area (Å²) in [6.45, 7) is 1.58. The predicted octanol–water partition coefficient (Wildman–Crippen LogP) is -0.142. The van der Waals surface area contributed by atoms with Crippen LogP contribution >= 0.6 is 0 Å². The summed E-state index contributed by atoms with van der Waals surface area (Å²) in [6, 6.07) is 4.78. The van der Waals surface area contributed by atoms with Crippen molar-refractivity contribution in [1.29, 1.82) is 0 Å². The number of hydroxylamine groups is 1. The van der Waals surface area contributed by atoms with Gasteiger partial charge < -0.3 is 21.8 Å². The molecule has 5 N–H and O–H groups in total. The van der Waals surface area contributed by atoms with E-state index < -0.39 is 11.6 Å². The number of hydrazine groups is 1. The summed E-state index contributed by atoms with van der Waals surface area (Å²) in [4.78, 5) is 11.5. The molecule has 1 amide bonds. The highest BCUT2D eigenvalue weighted by Crippen LogP contribution is 2.30. The van der Waals surface area contributed by atoms with Crippen LogP contribution in [0.5, 0.6) is 0 Å². The monoisotopic (exact) mass is 207 g/mol. The van der Waals surface area contributed by atoms with E-state index in [1.165, 1.54) is 6.07 Å². The fraction of sp³-hybridized carbons (Fsp3) is 0.222. The van der Waals surface area contributed by atoms with Crippen molar-refractivity contribution in [3.8, 4) is 0 Å². The Morgan fingerprint density at radius 2 is 2.20 bits per heavy atom. The second kappa shape index (κ2) is 2.93. The van der Waals surface area contributed by atoms with E-state index in [2.05, 4.69) is 5.43 Å². The smallest absolute Gasteiger partial charge is 0.258 e. The molecule has 1 aromatic carbocycles. The standard InChI is InChI=1S/C9H11N4O2/c1-9(11)7-5(3-2-4-6(7)10)8(14)13(15)12-9/h2-4,12H,10-11H2,1H3/q-1. The number of anilines is 1. The largest absolute Gasteiger partial charge is 0.741 e. The zero-order valence-corrected chi connectivity index (χ0v) is 8.15. The zero-order chi connectivity index (χ0) is 11.2. The lowest BCUT2D eigenvalue weighted by molar-refractivity contribution is 0.0616. The summed E-state index contributed by atoms with van der Waals surface area (Å²) in [5.41, 5.74) is 13.9. The molecule has 0 radical (unpaired) electrons. The first kappa shape index (κ1) is 9.91. The van der Waals surface area contributed by atoms with Gasteiger partial charge in [-0.3, -0.25) is 4.79 Å². The average Bonchev–Trinajstić information content (AvgIpc) is 2.13. The maximum atomic E-state index is 11.5. The van der Waals surface area contributed by atoms with Crippen LogP contribution in [-0.2, 0) is 5.66 Å². The van der Waals surface area contributed by atoms with Crippen molar-refractivity contribution in [2.75, 3.05) is 5.73 Å². The van der Waals surface area contributed by atoms with E-state index in [0.717, 1.165) is 0 Å². The van der Waals surface area contributed by atoms with Crippen LogP contribution in [0.3, 0.4) is 0 Å². The minimum absolute atomic E-state index is 0.127. The van der Waals surface area contributed by atoms with Gasteiger partial charge in [-0.2, -0.15) is 0 Å². The number of fused-ring (bicyclic) bond motifs is 1. The zero-order valence-electron chi connectivity index (χ0n) is 8.15. The number of nitrogens with one attached hydrogen (secondary N) is 1. The number of amides is 1. The van der Waals surface area contributed by atoms with Gasteiger partial charge in [0.15, 0.2) is 0 Å². The quantitative estimate of drug-likeness (QED) is 0.513. The fourth-order valence-electron chi connectivity index (χ4n) is 1.76. The number of rotatable bonds is 0. The van der Waals surface area contributed by atoms with E-state index in [1.54, 1.807) is 19.1 Å². The van der Waals surface area contributed by atoms with Gasteiger partial charge in [-0.05, 0) is 19.1 Å². The van der Waals surface area contributed by atoms with Gasteiger partial charge in [-0.25, -0.2) is 5.43 Å². The fourth-order valence-corrected chi connectivity index (χ4v) is 1.76. The molecule has 1 aromatic rings. The van der Waals surface area contributed by atoms with E-state index in [4.69, 9.17) is 11.5 Å². The number of nitrogen functional groups attached to an aromatic ring is 1. The Bertz CT molecular complexity index is 430. The van der Waals surface area contributed by atoms with Crippen LogP contribution in [0.1, 0.15) is 22.8 Å². The van der Waals surface area contributed by atoms with Crippen LogP contribution in [0.15, 0.2) is 18.2 Å². The van der Waals surface area contributed by atoms with Crippen molar-refractivity contribution in [3.63, 3.8) is 0 Å². The lowest BCUT2D eigenvalue weighted by Crippen LogP contribution is -2.60. The van der Waals surface area contributed by atoms with Gasteiger partial charge in [-0.15, -0.1) is 0 Å². The van der Waals surface area contributed by atoms with Gasteiger partial charge in [0.05, 0.1) is 0 Å². The molecular weight excluding hydrogens is 196 g/mol. The van der Waals surface area contributed by atoms with Gasteiger partial charge in [0.25, 0.3) is 5.91 Å². The Morgan fingerprint density at radius 1 is 1.53 bits per heavy atom. The number of hydrogen-bond acceptors (Lipinski definition) is 5. The third kappa shape index (κ3) is 1.35. The van der Waals surface area contributed by atoms with Crippen molar-refractivity contribution in [2.24, 2.45) is 5.73 Å². The molecule has 0 spiro atoms. The molecule has 2 rings (SSSR count). The van der Waals surface area contributed by atoms with Crippen LogP contribution in [-0.4, -0.2) is 11.1 Å². The molecule has 0 fully saturated rings. The van der Waals surface area contributed by atoms with E-state index in [9.17, 15) is 10.0 Å². The molecule has 1 unspecified atom stereocenters. The summed E-state index contributed by atoms with van der Waals surface area (Å²) in [6.07, 6.45) is 0. The molecule has 6 nitrogen and oxygen atoms in total. The lowest BCUT2D eigenvalue weighted by Gasteiger charge is -2.43. The van der Waals surface area contributed by atoms with Gasteiger partial charge in [0.1, 0.15) is 5.66 Å². The molecule has 0 saturated carbocycles. The first-order valence-corrected chi connectivity index (χ1v) is 4.41. The molecule has 0 aliphatic carbocycles. The number of nitrogens with zero attached hydrogens (tertiary/aromatic N) is 1. The maximum absolute atomic E-state index is 11.5. The molecule has 0 bridgehead atoms. The molecule has 0 aromatic heterocycles. The van der Waals surface area contributed by atoms with Crippen molar-refractivity contribution in [3.05, 3.63) is 34.5 Å². The van der Waals surface area contributed by atoms with E-state index in [0.29, 0.717) is 11.3 Å². The molecule has 15 heavy (non-hydrogen) atoms. The number of carbonyl (C=O) groups excluding carboxylic acids is 1. The molecule has 80 valence electrons. The lowest BCUT2D eigenvalue weighted by atomic mass is 9.93. The Kier molecular flexibility index (Phi) is 1.93. The average molecular weight is 207 g/mol. The summed E-state index contributed by atoms with van der Waals surface area (Å²) in [7, 11) is 0. The second-order valence-corrected chi connectivity index (χ2v) is 3.68. The molecule has 1 aliphatic heterocycles. The Balaban J connectivity index is 2.70. The molecule has 1 aliphatic rings. The van der Waals surface area contributed by atoms with Crippen LogP contribution in [0, 0.1) is 5.21 Å². The number of benzene rings is 1. The number of hydrogen-bond donors (Lipinski definition) is 3. The van der Waals surface area contributed by atoms with Crippen molar-refractivity contribution < 1.29 is 4.79 Å². The van der Waals surface area contributed by atoms with E-state index >= 15 is 0 Å². The Hall–Kier alpha value is -1.63. The predicted molar refractivity (Wildman–Crippen MR) is 55.1 cm³/mol. The van der Waals surface area contributed by atoms with Crippen molar-refractivity contribution >= 4 is 11.6 Å². The SMILES string of the molecule is CC1(N)NN([O-])C(=O)c2cccc(N)c21. The maximum Gasteiger partial charge on any atom is 0.258 e. The second-order valence-electron chi connectivity index (χ2n) is 3.68. The minimum atomic E-state index is -1.13. The van der Waals surface area contributed by atoms with Crippen molar-refractivity contribution in [2.45, 2.75) is 12.6 Å². The third-order valence-corrected chi connectivity index (χ3v) is 2.36. The van der Waals surface area contributed by atoms with Gasteiger partial charge in [-0.1, -0.05) is 6.07 Å². The number of nitrogens with two attached hydrogens (primary N) is 2. The topological polar surface area (TPSA) is 107 Å². The first-order chi connectivity index (χ1) is 6.93. The number of carbonyl (C=O) groups is 1. The van der Waals surface area contributed by atoms with E-state index in [-0.39, 0.29) is 10.7 Å². The highest BCUT2D eigenvalue weighted by molar-refractivity contribution is 5.98. The minimum Gasteiger partial charge on any atom is -0.741 e. The van der Waals surface area contributed by atoms with Crippen molar-refractivity contribution in [1.82, 2.24) is 10.6 Å². The molecule has 0 saturated heterocycles.